The van der Waals surface area contributed by atoms with E-state index < -0.39 is 0 Å². The Kier molecular flexibility index (Phi) is 10.0. The first kappa shape index (κ1) is 27.3. The van der Waals surface area contributed by atoms with E-state index in [0.29, 0.717) is 29.9 Å². The van der Waals surface area contributed by atoms with Crippen LogP contribution < -0.4 is 9.47 Å². The number of nitrogens with zero attached hydrogens (tertiary/aromatic N) is 1. The van der Waals surface area contributed by atoms with Crippen LogP contribution in [-0.2, 0) is 9.59 Å². The van der Waals surface area contributed by atoms with Crippen molar-refractivity contribution in [2.45, 2.75) is 44.9 Å². The van der Waals surface area contributed by atoms with Crippen molar-refractivity contribution < 1.29 is 19.1 Å². The van der Waals surface area contributed by atoms with Gasteiger partial charge >= 0.3 is 11.9 Å². The summed E-state index contributed by atoms with van der Waals surface area (Å²) in [6, 6.07) is 34.4. The Balaban J connectivity index is 1.07. The second-order valence-corrected chi connectivity index (χ2v) is 9.32. The summed E-state index contributed by atoms with van der Waals surface area (Å²) in [5, 5.41) is 8.92. The van der Waals surface area contributed by atoms with Gasteiger partial charge in [0.15, 0.2) is 0 Å². The molecular weight excluding hydrogens is 486 g/mol. The van der Waals surface area contributed by atoms with Gasteiger partial charge in [-0.1, -0.05) is 86.0 Å². The predicted molar refractivity (Wildman–Crippen MR) is 152 cm³/mol. The molecule has 196 valence electrons. The van der Waals surface area contributed by atoms with Crippen LogP contribution in [-0.4, -0.2) is 11.9 Å². The van der Waals surface area contributed by atoms with E-state index in [1.165, 1.54) is 0 Å². The largest absolute Gasteiger partial charge is 0.427 e. The maximum atomic E-state index is 12.2. The summed E-state index contributed by atoms with van der Waals surface area (Å²) < 4.78 is 10.9. The number of hydrogen-bond acceptors (Lipinski definition) is 5. The number of ether oxygens (including phenoxy) is 2. The third kappa shape index (κ3) is 8.69. The van der Waals surface area contributed by atoms with Gasteiger partial charge in [-0.2, -0.15) is 5.26 Å². The quantitative estimate of drug-likeness (QED) is 0.108. The summed E-state index contributed by atoms with van der Waals surface area (Å²) in [7, 11) is 0. The van der Waals surface area contributed by atoms with Gasteiger partial charge < -0.3 is 9.47 Å². The fraction of sp³-hybridized carbons (Fsp3) is 0.206. The van der Waals surface area contributed by atoms with Crippen LogP contribution in [0.3, 0.4) is 0 Å². The van der Waals surface area contributed by atoms with Gasteiger partial charge in [0, 0.05) is 12.8 Å². The Morgan fingerprint density at radius 3 is 1.33 bits per heavy atom. The van der Waals surface area contributed by atoms with Gasteiger partial charge in [-0.3, -0.25) is 9.59 Å². The van der Waals surface area contributed by atoms with E-state index in [0.717, 1.165) is 54.4 Å². The number of esters is 2. The molecule has 4 aromatic rings. The molecule has 0 aromatic heterocycles. The van der Waals surface area contributed by atoms with Crippen LogP contribution in [0.1, 0.15) is 50.5 Å². The molecule has 0 radical (unpaired) electrons. The maximum absolute atomic E-state index is 12.2. The van der Waals surface area contributed by atoms with Gasteiger partial charge in [0.1, 0.15) is 11.5 Å². The van der Waals surface area contributed by atoms with Gasteiger partial charge in [-0.25, -0.2) is 0 Å². The van der Waals surface area contributed by atoms with Gasteiger partial charge in [-0.15, -0.1) is 0 Å². The molecule has 0 saturated carbocycles. The first-order chi connectivity index (χ1) is 19.1. The smallest absolute Gasteiger partial charge is 0.311 e. The zero-order chi connectivity index (χ0) is 27.3. The maximum Gasteiger partial charge on any atom is 0.311 e. The van der Waals surface area contributed by atoms with Crippen molar-refractivity contribution in [2.24, 2.45) is 0 Å². The van der Waals surface area contributed by atoms with Crippen LogP contribution in [0.2, 0.25) is 0 Å². The van der Waals surface area contributed by atoms with E-state index >= 15 is 0 Å². The fourth-order valence-corrected chi connectivity index (χ4v) is 4.23. The van der Waals surface area contributed by atoms with Crippen molar-refractivity contribution in [1.29, 1.82) is 5.26 Å². The normalized spacial score (nSPS) is 10.4. The number of hydrogen-bond donors (Lipinski definition) is 0. The van der Waals surface area contributed by atoms with Crippen LogP contribution >= 0.6 is 0 Å². The lowest BCUT2D eigenvalue weighted by atomic mass is 10.0. The number of rotatable bonds is 12. The summed E-state index contributed by atoms with van der Waals surface area (Å²) >= 11 is 0. The van der Waals surface area contributed by atoms with Crippen LogP contribution in [0.4, 0.5) is 0 Å². The number of unbranched alkanes of at least 4 members (excludes halogenated alkanes) is 4. The Morgan fingerprint density at radius 1 is 0.513 bits per heavy atom. The third-order valence-corrected chi connectivity index (χ3v) is 6.39. The Morgan fingerprint density at radius 2 is 0.897 bits per heavy atom. The molecule has 0 unspecified atom stereocenters. The summed E-state index contributed by atoms with van der Waals surface area (Å²) in [4.78, 5) is 24.3. The SMILES string of the molecule is N#Cc1ccc(-c2ccc(OC(=O)CCCCCCCC(=O)Oc3ccc(-c4ccccc4)cc3)cc2)cc1. The standard InChI is InChI=1S/C34H31NO4/c35-25-26-13-15-28(16-14-26)30-19-23-32(24-20-30)39-34(37)12-8-3-1-2-7-11-33(36)38-31-21-17-29(18-22-31)27-9-5-4-6-10-27/h4-6,9-10,13-24H,1-3,7-8,11-12H2. The molecule has 5 heteroatoms. The Bertz CT molecular complexity index is 1390. The highest BCUT2D eigenvalue weighted by Crippen LogP contribution is 2.24. The second kappa shape index (κ2) is 14.3. The van der Waals surface area contributed by atoms with Crippen LogP contribution in [0.5, 0.6) is 11.5 Å². The molecule has 0 amide bonds. The highest BCUT2D eigenvalue weighted by molar-refractivity contribution is 5.73. The lowest BCUT2D eigenvalue weighted by Gasteiger charge is -2.07. The molecule has 39 heavy (non-hydrogen) atoms. The molecule has 0 fully saturated rings. The lowest BCUT2D eigenvalue weighted by molar-refractivity contribution is -0.135. The predicted octanol–water partition coefficient (Wildman–Crippen LogP) is 8.13. The molecule has 0 saturated heterocycles. The highest BCUT2D eigenvalue weighted by Gasteiger charge is 2.08. The van der Waals surface area contributed by atoms with Gasteiger partial charge in [0.2, 0.25) is 0 Å². The van der Waals surface area contributed by atoms with E-state index in [1.54, 1.807) is 24.3 Å². The minimum Gasteiger partial charge on any atom is -0.427 e. The zero-order valence-electron chi connectivity index (χ0n) is 21.8. The van der Waals surface area contributed by atoms with E-state index in [9.17, 15) is 9.59 Å². The van der Waals surface area contributed by atoms with Gasteiger partial charge in [-0.05, 0) is 71.5 Å². The van der Waals surface area contributed by atoms with Crippen LogP contribution in [0.15, 0.2) is 103 Å². The number of carbonyl (C=O) groups excluding carboxylic acids is 2. The summed E-state index contributed by atoms with van der Waals surface area (Å²) in [6.07, 6.45) is 5.01. The first-order valence-corrected chi connectivity index (χ1v) is 13.3. The average Bonchev–Trinajstić information content (AvgIpc) is 2.98. The van der Waals surface area contributed by atoms with Crippen LogP contribution in [0.25, 0.3) is 22.3 Å². The van der Waals surface area contributed by atoms with E-state index in [-0.39, 0.29) is 11.9 Å². The summed E-state index contributed by atoms with van der Waals surface area (Å²) in [5.41, 5.74) is 4.81. The summed E-state index contributed by atoms with van der Waals surface area (Å²) in [5.74, 6) is 0.604. The van der Waals surface area contributed by atoms with Crippen molar-refractivity contribution in [2.75, 3.05) is 0 Å². The molecule has 5 nitrogen and oxygen atoms in total. The first-order valence-electron chi connectivity index (χ1n) is 13.3. The Labute approximate surface area is 229 Å². The molecule has 0 aliphatic rings. The van der Waals surface area contributed by atoms with E-state index in [1.807, 2.05) is 78.9 Å². The van der Waals surface area contributed by atoms with Gasteiger partial charge in [0.25, 0.3) is 0 Å². The lowest BCUT2D eigenvalue weighted by Crippen LogP contribution is -2.08. The number of benzene rings is 4. The topological polar surface area (TPSA) is 76.4 Å². The molecule has 0 spiro atoms. The fourth-order valence-electron chi connectivity index (χ4n) is 4.23. The van der Waals surface area contributed by atoms with Gasteiger partial charge in [0.05, 0.1) is 11.6 Å². The summed E-state index contributed by atoms with van der Waals surface area (Å²) in [6.45, 7) is 0. The molecule has 0 aliphatic heterocycles. The number of nitriles is 1. The Hall–Kier alpha value is -4.69. The molecule has 4 rings (SSSR count). The van der Waals surface area contributed by atoms with E-state index in [2.05, 4.69) is 6.07 Å². The highest BCUT2D eigenvalue weighted by atomic mass is 16.5. The molecule has 0 N–H and O–H groups in total. The van der Waals surface area contributed by atoms with Crippen molar-refractivity contribution in [3.05, 3.63) is 109 Å². The third-order valence-electron chi connectivity index (χ3n) is 6.39. The molecule has 0 bridgehead atoms. The van der Waals surface area contributed by atoms with Crippen molar-refractivity contribution in [1.82, 2.24) is 0 Å². The second-order valence-electron chi connectivity index (χ2n) is 9.32. The van der Waals surface area contributed by atoms with E-state index in [4.69, 9.17) is 14.7 Å². The molecule has 0 aliphatic carbocycles. The molecule has 0 heterocycles. The minimum atomic E-state index is -0.247. The molecular formula is C34H31NO4. The van der Waals surface area contributed by atoms with Crippen LogP contribution in [0, 0.1) is 11.3 Å². The molecule has 4 aromatic carbocycles. The number of carbonyl (C=O) groups is 2. The van der Waals surface area contributed by atoms with Crippen molar-refractivity contribution >= 4 is 11.9 Å². The minimum absolute atomic E-state index is 0.226. The zero-order valence-corrected chi connectivity index (χ0v) is 21.8. The monoisotopic (exact) mass is 517 g/mol. The van der Waals surface area contributed by atoms with Crippen molar-refractivity contribution in [3.63, 3.8) is 0 Å². The average molecular weight is 518 g/mol. The molecule has 0 atom stereocenters. The van der Waals surface area contributed by atoms with Crippen molar-refractivity contribution in [3.8, 4) is 39.8 Å².